The third-order valence-electron chi connectivity index (χ3n) is 3.19. The van der Waals surface area contributed by atoms with Crippen molar-refractivity contribution in [2.75, 3.05) is 20.3 Å². The molecule has 0 aliphatic heterocycles. The highest BCUT2D eigenvalue weighted by Gasteiger charge is 2.08. The molecule has 2 N–H and O–H groups in total. The number of para-hydroxylation sites is 1. The van der Waals surface area contributed by atoms with E-state index in [9.17, 15) is 4.79 Å². The lowest BCUT2D eigenvalue weighted by molar-refractivity contribution is -0.117. The van der Waals surface area contributed by atoms with E-state index in [1.807, 2.05) is 30.3 Å². The van der Waals surface area contributed by atoms with Gasteiger partial charge in [0.25, 0.3) is 0 Å². The van der Waals surface area contributed by atoms with Crippen LogP contribution in [0, 0.1) is 0 Å². The molecule has 0 spiro atoms. The number of benzene rings is 2. The van der Waals surface area contributed by atoms with Crippen LogP contribution in [0.15, 0.2) is 48.5 Å². The molecule has 2 rings (SSSR count). The summed E-state index contributed by atoms with van der Waals surface area (Å²) < 4.78 is 16.5. The third kappa shape index (κ3) is 5.54. The number of methoxy groups -OCH3 is 1. The molecule has 23 heavy (non-hydrogen) atoms. The summed E-state index contributed by atoms with van der Waals surface area (Å²) in [5.41, 5.74) is 5.96. The van der Waals surface area contributed by atoms with Gasteiger partial charge < -0.3 is 19.9 Å². The van der Waals surface area contributed by atoms with Gasteiger partial charge in [-0.25, -0.2) is 0 Å². The molecule has 0 fully saturated rings. The monoisotopic (exact) mass is 315 g/mol. The first-order valence-electron chi connectivity index (χ1n) is 7.45. The van der Waals surface area contributed by atoms with Crippen molar-refractivity contribution in [3.8, 4) is 17.2 Å². The Balaban J connectivity index is 1.78. The Morgan fingerprint density at radius 2 is 1.70 bits per heavy atom. The molecule has 0 aromatic heterocycles. The van der Waals surface area contributed by atoms with E-state index in [1.54, 1.807) is 25.3 Å². The zero-order valence-electron chi connectivity index (χ0n) is 13.2. The molecule has 0 bridgehead atoms. The van der Waals surface area contributed by atoms with Gasteiger partial charge in [0.2, 0.25) is 5.91 Å². The number of rotatable bonds is 9. The fourth-order valence-corrected chi connectivity index (χ4v) is 2.10. The van der Waals surface area contributed by atoms with Crippen molar-refractivity contribution >= 4 is 5.91 Å². The second-order valence-corrected chi connectivity index (χ2v) is 4.98. The quantitative estimate of drug-likeness (QED) is 0.722. The van der Waals surface area contributed by atoms with Gasteiger partial charge in [-0.1, -0.05) is 24.3 Å². The summed E-state index contributed by atoms with van der Waals surface area (Å²) in [5, 5.41) is 0. The highest BCUT2D eigenvalue weighted by Crippen LogP contribution is 2.25. The first-order chi connectivity index (χ1) is 11.2. The van der Waals surface area contributed by atoms with Gasteiger partial charge in [-0.3, -0.25) is 4.79 Å². The summed E-state index contributed by atoms with van der Waals surface area (Å²) in [6.07, 6.45) is 0.911. The van der Waals surface area contributed by atoms with Crippen LogP contribution in [0.5, 0.6) is 17.2 Å². The predicted molar refractivity (Wildman–Crippen MR) is 87.9 cm³/mol. The van der Waals surface area contributed by atoms with Gasteiger partial charge in [-0.05, 0) is 18.2 Å². The Morgan fingerprint density at radius 1 is 1.00 bits per heavy atom. The second-order valence-electron chi connectivity index (χ2n) is 4.98. The lowest BCUT2D eigenvalue weighted by atomic mass is 10.1. The Hall–Kier alpha value is -2.69. The van der Waals surface area contributed by atoms with E-state index in [1.165, 1.54) is 0 Å². The molecule has 5 heteroatoms. The van der Waals surface area contributed by atoms with Crippen LogP contribution < -0.4 is 19.9 Å². The molecule has 0 aliphatic rings. The van der Waals surface area contributed by atoms with Crippen LogP contribution in [-0.4, -0.2) is 26.2 Å². The van der Waals surface area contributed by atoms with E-state index in [4.69, 9.17) is 19.9 Å². The van der Waals surface area contributed by atoms with Gasteiger partial charge >= 0.3 is 0 Å². The molecule has 0 radical (unpaired) electrons. The molecule has 0 heterocycles. The zero-order chi connectivity index (χ0) is 16.5. The molecular formula is C18H21NO4. The van der Waals surface area contributed by atoms with Crippen molar-refractivity contribution in [3.05, 3.63) is 54.1 Å². The molecule has 0 saturated heterocycles. The van der Waals surface area contributed by atoms with Gasteiger partial charge in [0.05, 0.1) is 26.7 Å². The maximum Gasteiger partial charge on any atom is 0.221 e. The largest absolute Gasteiger partial charge is 0.496 e. The lowest BCUT2D eigenvalue weighted by Crippen LogP contribution is -2.14. The van der Waals surface area contributed by atoms with Crippen LogP contribution in [0.1, 0.15) is 12.0 Å². The normalized spacial score (nSPS) is 10.1. The fraction of sp³-hybridized carbons (Fsp3) is 0.278. The van der Waals surface area contributed by atoms with E-state index >= 15 is 0 Å². The number of amides is 1. The van der Waals surface area contributed by atoms with E-state index < -0.39 is 5.91 Å². The summed E-state index contributed by atoms with van der Waals surface area (Å²) in [4.78, 5) is 11.0. The smallest absolute Gasteiger partial charge is 0.221 e. The van der Waals surface area contributed by atoms with E-state index in [2.05, 4.69) is 0 Å². The van der Waals surface area contributed by atoms with Gasteiger partial charge in [-0.2, -0.15) is 0 Å². The summed E-state index contributed by atoms with van der Waals surface area (Å²) in [7, 11) is 1.55. The first-order valence-corrected chi connectivity index (χ1v) is 7.45. The van der Waals surface area contributed by atoms with Crippen molar-refractivity contribution in [1.29, 1.82) is 0 Å². The van der Waals surface area contributed by atoms with Gasteiger partial charge in [0, 0.05) is 18.1 Å². The number of hydrogen-bond acceptors (Lipinski definition) is 4. The minimum absolute atomic E-state index is 0.147. The van der Waals surface area contributed by atoms with E-state index in [-0.39, 0.29) is 6.42 Å². The molecule has 0 atom stereocenters. The van der Waals surface area contributed by atoms with Crippen LogP contribution in [0.25, 0.3) is 0 Å². The van der Waals surface area contributed by atoms with Gasteiger partial charge in [0.1, 0.15) is 17.2 Å². The number of nitrogens with two attached hydrogens (primary N) is 1. The molecular weight excluding hydrogens is 294 g/mol. The summed E-state index contributed by atoms with van der Waals surface area (Å²) in [5.74, 6) is 1.75. The number of hydrogen-bond donors (Lipinski definition) is 1. The topological polar surface area (TPSA) is 70.8 Å². The lowest BCUT2D eigenvalue weighted by Gasteiger charge is -2.11. The van der Waals surface area contributed by atoms with E-state index in [0.717, 1.165) is 17.7 Å². The minimum atomic E-state index is -0.393. The summed E-state index contributed by atoms with van der Waals surface area (Å²) >= 11 is 0. The SMILES string of the molecule is COc1cc(OCCCOc2ccccc2)ccc1CC(N)=O. The highest BCUT2D eigenvalue weighted by atomic mass is 16.5. The van der Waals surface area contributed by atoms with Gasteiger partial charge in [-0.15, -0.1) is 0 Å². The Kier molecular flexibility index (Phi) is 6.29. The van der Waals surface area contributed by atoms with Crippen LogP contribution in [-0.2, 0) is 11.2 Å². The number of carbonyl (C=O) groups is 1. The molecule has 0 aliphatic carbocycles. The molecule has 2 aromatic carbocycles. The van der Waals surface area contributed by atoms with Crippen LogP contribution >= 0.6 is 0 Å². The maximum absolute atomic E-state index is 11.0. The molecule has 5 nitrogen and oxygen atoms in total. The Labute approximate surface area is 136 Å². The van der Waals surface area contributed by atoms with Crippen molar-refractivity contribution < 1.29 is 19.0 Å². The molecule has 122 valence electrons. The number of carbonyl (C=O) groups excluding carboxylic acids is 1. The van der Waals surface area contributed by atoms with Crippen LogP contribution in [0.3, 0.4) is 0 Å². The number of ether oxygens (including phenoxy) is 3. The Bertz CT molecular complexity index is 628. The minimum Gasteiger partial charge on any atom is -0.496 e. The van der Waals surface area contributed by atoms with Gasteiger partial charge in [0.15, 0.2) is 0 Å². The van der Waals surface area contributed by atoms with Crippen LogP contribution in [0.4, 0.5) is 0 Å². The summed E-state index contributed by atoms with van der Waals surface area (Å²) in [6, 6.07) is 15.0. The average molecular weight is 315 g/mol. The molecule has 0 unspecified atom stereocenters. The third-order valence-corrected chi connectivity index (χ3v) is 3.19. The van der Waals surface area contributed by atoms with Crippen molar-refractivity contribution in [1.82, 2.24) is 0 Å². The van der Waals surface area contributed by atoms with Crippen LogP contribution in [0.2, 0.25) is 0 Å². The summed E-state index contributed by atoms with van der Waals surface area (Å²) in [6.45, 7) is 1.12. The average Bonchev–Trinajstić information content (AvgIpc) is 2.56. The highest BCUT2D eigenvalue weighted by molar-refractivity contribution is 5.77. The zero-order valence-corrected chi connectivity index (χ0v) is 13.2. The van der Waals surface area contributed by atoms with E-state index in [0.29, 0.717) is 24.7 Å². The van der Waals surface area contributed by atoms with Crippen molar-refractivity contribution in [2.24, 2.45) is 5.73 Å². The molecule has 0 saturated carbocycles. The molecule has 1 amide bonds. The standard InChI is InChI=1S/C18H21NO4/c1-21-17-13-16(9-8-14(17)12-18(19)20)23-11-5-10-22-15-6-3-2-4-7-15/h2-4,6-9,13H,5,10-12H2,1H3,(H2,19,20). The first kappa shape index (κ1) is 16.7. The van der Waals surface area contributed by atoms with Crippen molar-refractivity contribution in [2.45, 2.75) is 12.8 Å². The second kappa shape index (κ2) is 8.68. The Morgan fingerprint density at radius 3 is 2.35 bits per heavy atom. The van der Waals surface area contributed by atoms with Crippen molar-refractivity contribution in [3.63, 3.8) is 0 Å². The number of primary amides is 1. The fourth-order valence-electron chi connectivity index (χ4n) is 2.10. The molecule has 2 aromatic rings. The predicted octanol–water partition coefficient (Wildman–Crippen LogP) is 2.57. The maximum atomic E-state index is 11.0.